The maximum absolute atomic E-state index is 11.9. The molecule has 4 N–H and O–H groups in total. The van der Waals surface area contributed by atoms with Crippen molar-refractivity contribution in [1.82, 2.24) is 5.32 Å². The van der Waals surface area contributed by atoms with E-state index in [1.165, 1.54) is 6.07 Å². The molecule has 1 atom stereocenters. The molecule has 0 aliphatic rings. The Morgan fingerprint density at radius 3 is 2.58 bits per heavy atom. The average Bonchev–Trinajstić information content (AvgIpc) is 2.51. The number of nitrogens with one attached hydrogen (secondary N) is 1. The highest BCUT2D eigenvalue weighted by molar-refractivity contribution is 5.67. The number of nitrogen functional groups attached to an aromatic ring is 1. The SMILES string of the molecule is CC(C)(C)OC(=O)NCC(Cc1cccc(N)c1)Oc1cccc(O)c1. The standard InChI is InChI=1S/C20H26N2O4/c1-20(2,3)26-19(24)22-13-18(11-14-6-4-7-15(21)10-14)25-17-9-5-8-16(23)12-17/h4-10,12,18,23H,11,13,21H2,1-3H3,(H,22,24). The molecule has 0 heterocycles. The van der Waals surface area contributed by atoms with Crippen molar-refractivity contribution in [3.63, 3.8) is 0 Å². The molecule has 0 spiro atoms. The summed E-state index contributed by atoms with van der Waals surface area (Å²) in [6.07, 6.45) is -0.322. The number of hydrogen-bond acceptors (Lipinski definition) is 5. The molecule has 6 heteroatoms. The molecule has 0 saturated heterocycles. The molecule has 2 aromatic carbocycles. The minimum Gasteiger partial charge on any atom is -0.508 e. The molecule has 0 fully saturated rings. The van der Waals surface area contributed by atoms with Crippen LogP contribution in [0.1, 0.15) is 26.3 Å². The summed E-state index contributed by atoms with van der Waals surface area (Å²) in [5.41, 5.74) is 6.92. The third-order valence-electron chi connectivity index (χ3n) is 3.41. The molecule has 0 aliphatic heterocycles. The van der Waals surface area contributed by atoms with Crippen molar-refractivity contribution in [2.24, 2.45) is 0 Å². The smallest absolute Gasteiger partial charge is 0.407 e. The third-order valence-corrected chi connectivity index (χ3v) is 3.41. The summed E-state index contributed by atoms with van der Waals surface area (Å²) in [6, 6.07) is 14.0. The number of amides is 1. The normalized spacial score (nSPS) is 12.3. The van der Waals surface area contributed by atoms with Crippen molar-refractivity contribution < 1.29 is 19.4 Å². The number of anilines is 1. The van der Waals surface area contributed by atoms with Gasteiger partial charge in [-0.1, -0.05) is 18.2 Å². The summed E-state index contributed by atoms with van der Waals surface area (Å²) in [5.74, 6) is 0.634. The lowest BCUT2D eigenvalue weighted by molar-refractivity contribution is 0.0500. The second-order valence-electron chi connectivity index (χ2n) is 7.07. The number of ether oxygens (including phenoxy) is 2. The first-order valence-electron chi connectivity index (χ1n) is 8.48. The van der Waals surface area contributed by atoms with Gasteiger partial charge in [0.15, 0.2) is 0 Å². The van der Waals surface area contributed by atoms with E-state index >= 15 is 0 Å². The fourth-order valence-corrected chi connectivity index (χ4v) is 2.40. The molecule has 140 valence electrons. The highest BCUT2D eigenvalue weighted by Gasteiger charge is 2.19. The Labute approximate surface area is 153 Å². The Morgan fingerprint density at radius 1 is 1.19 bits per heavy atom. The second kappa shape index (κ2) is 8.47. The van der Waals surface area contributed by atoms with Crippen LogP contribution < -0.4 is 15.8 Å². The van der Waals surface area contributed by atoms with E-state index in [1.54, 1.807) is 39.0 Å². The van der Waals surface area contributed by atoms with Crippen molar-refractivity contribution in [3.05, 3.63) is 54.1 Å². The monoisotopic (exact) mass is 358 g/mol. The number of hydrogen-bond donors (Lipinski definition) is 3. The highest BCUT2D eigenvalue weighted by atomic mass is 16.6. The lowest BCUT2D eigenvalue weighted by Gasteiger charge is -2.23. The van der Waals surface area contributed by atoms with Crippen LogP contribution in [0.2, 0.25) is 0 Å². The van der Waals surface area contributed by atoms with E-state index < -0.39 is 11.7 Å². The quantitative estimate of drug-likeness (QED) is 0.687. The van der Waals surface area contributed by atoms with Gasteiger partial charge in [-0.25, -0.2) is 4.79 Å². The summed E-state index contributed by atoms with van der Waals surface area (Å²) in [4.78, 5) is 11.9. The van der Waals surface area contributed by atoms with Crippen LogP contribution in [0.5, 0.6) is 11.5 Å². The molecular weight excluding hydrogens is 332 g/mol. The fraction of sp³-hybridized carbons (Fsp3) is 0.350. The van der Waals surface area contributed by atoms with Gasteiger partial charge in [0, 0.05) is 18.2 Å². The van der Waals surface area contributed by atoms with Crippen molar-refractivity contribution >= 4 is 11.8 Å². The maximum atomic E-state index is 11.9. The lowest BCUT2D eigenvalue weighted by Crippen LogP contribution is -2.39. The van der Waals surface area contributed by atoms with Gasteiger partial charge in [0.25, 0.3) is 0 Å². The van der Waals surface area contributed by atoms with Crippen LogP contribution in [-0.4, -0.2) is 29.4 Å². The Kier molecular flexibility index (Phi) is 6.33. The molecule has 0 saturated carbocycles. The number of phenols is 1. The Morgan fingerprint density at radius 2 is 1.92 bits per heavy atom. The van der Waals surface area contributed by atoms with Crippen LogP contribution in [0.15, 0.2) is 48.5 Å². The summed E-state index contributed by atoms with van der Waals surface area (Å²) in [7, 11) is 0. The number of nitrogens with two attached hydrogens (primary N) is 1. The molecule has 2 aromatic rings. The summed E-state index contributed by atoms with van der Waals surface area (Å²) in [6.45, 7) is 5.67. The van der Waals surface area contributed by atoms with E-state index in [0.29, 0.717) is 17.9 Å². The average molecular weight is 358 g/mol. The van der Waals surface area contributed by atoms with Crippen molar-refractivity contribution in [1.29, 1.82) is 0 Å². The molecule has 6 nitrogen and oxygen atoms in total. The molecule has 1 amide bonds. The molecule has 0 aromatic heterocycles. The zero-order chi connectivity index (χ0) is 19.2. The van der Waals surface area contributed by atoms with Gasteiger partial charge in [-0.05, 0) is 50.6 Å². The number of rotatable bonds is 6. The molecule has 0 aliphatic carbocycles. The Balaban J connectivity index is 2.06. The molecule has 1 unspecified atom stereocenters. The van der Waals surface area contributed by atoms with Crippen LogP contribution in [0.4, 0.5) is 10.5 Å². The number of aromatic hydroxyl groups is 1. The number of carbonyl (C=O) groups is 1. The molecular formula is C20H26N2O4. The van der Waals surface area contributed by atoms with E-state index in [9.17, 15) is 9.90 Å². The van der Waals surface area contributed by atoms with Crippen LogP contribution in [-0.2, 0) is 11.2 Å². The number of carbonyl (C=O) groups excluding carboxylic acids is 1. The van der Waals surface area contributed by atoms with Crippen molar-refractivity contribution in [2.45, 2.75) is 38.9 Å². The summed E-state index contributed by atoms with van der Waals surface area (Å²) >= 11 is 0. The van der Waals surface area contributed by atoms with Gasteiger partial charge in [0.05, 0.1) is 6.54 Å². The van der Waals surface area contributed by atoms with Gasteiger partial charge in [-0.2, -0.15) is 0 Å². The number of benzene rings is 2. The molecule has 0 bridgehead atoms. The van der Waals surface area contributed by atoms with Crippen molar-refractivity contribution in [3.8, 4) is 11.5 Å². The lowest BCUT2D eigenvalue weighted by atomic mass is 10.1. The first-order valence-corrected chi connectivity index (χ1v) is 8.48. The van der Waals surface area contributed by atoms with Gasteiger partial charge in [-0.15, -0.1) is 0 Å². The van der Waals surface area contributed by atoms with E-state index in [-0.39, 0.29) is 18.4 Å². The van der Waals surface area contributed by atoms with Crippen LogP contribution >= 0.6 is 0 Å². The van der Waals surface area contributed by atoms with E-state index in [4.69, 9.17) is 15.2 Å². The summed E-state index contributed by atoms with van der Waals surface area (Å²) in [5, 5.41) is 12.3. The summed E-state index contributed by atoms with van der Waals surface area (Å²) < 4.78 is 11.2. The predicted octanol–water partition coefficient (Wildman–Crippen LogP) is 3.49. The fourth-order valence-electron chi connectivity index (χ4n) is 2.40. The number of alkyl carbamates (subject to hydrolysis) is 1. The Bertz CT molecular complexity index is 693. The largest absolute Gasteiger partial charge is 0.508 e. The first kappa shape index (κ1) is 19.4. The zero-order valence-corrected chi connectivity index (χ0v) is 15.4. The number of phenolic OH excluding ortho intramolecular Hbond substituents is 1. The third kappa shape index (κ3) is 6.93. The first-order chi connectivity index (χ1) is 12.2. The van der Waals surface area contributed by atoms with Crippen LogP contribution in [0.25, 0.3) is 0 Å². The van der Waals surface area contributed by atoms with E-state index in [0.717, 1.165) is 5.56 Å². The van der Waals surface area contributed by atoms with E-state index in [1.807, 2.05) is 24.3 Å². The zero-order valence-electron chi connectivity index (χ0n) is 15.4. The van der Waals surface area contributed by atoms with Gasteiger partial charge in [-0.3, -0.25) is 0 Å². The highest BCUT2D eigenvalue weighted by Crippen LogP contribution is 2.20. The topological polar surface area (TPSA) is 93.8 Å². The molecule has 26 heavy (non-hydrogen) atoms. The van der Waals surface area contributed by atoms with Crippen LogP contribution in [0, 0.1) is 0 Å². The second-order valence-corrected chi connectivity index (χ2v) is 7.07. The van der Waals surface area contributed by atoms with Gasteiger partial charge >= 0.3 is 6.09 Å². The van der Waals surface area contributed by atoms with Gasteiger partial charge in [0.2, 0.25) is 0 Å². The van der Waals surface area contributed by atoms with Crippen molar-refractivity contribution in [2.75, 3.05) is 12.3 Å². The van der Waals surface area contributed by atoms with Crippen LogP contribution in [0.3, 0.4) is 0 Å². The minimum atomic E-state index is -0.570. The van der Waals surface area contributed by atoms with Gasteiger partial charge in [0.1, 0.15) is 23.2 Å². The minimum absolute atomic E-state index is 0.116. The molecule has 0 radical (unpaired) electrons. The van der Waals surface area contributed by atoms with Gasteiger partial charge < -0.3 is 25.6 Å². The Hall–Kier alpha value is -2.89. The maximum Gasteiger partial charge on any atom is 0.407 e. The molecule has 2 rings (SSSR count). The van der Waals surface area contributed by atoms with E-state index in [2.05, 4.69) is 5.32 Å². The predicted molar refractivity (Wildman–Crippen MR) is 101 cm³/mol.